The third-order valence-corrected chi connectivity index (χ3v) is 3.41. The van der Waals surface area contributed by atoms with Crippen LogP contribution >= 0.6 is 12.4 Å². The van der Waals surface area contributed by atoms with Crippen LogP contribution in [0.4, 0.5) is 11.6 Å². The Labute approximate surface area is 152 Å². The molecule has 0 saturated heterocycles. The molecule has 0 aliphatic rings. The molecule has 0 unspecified atom stereocenters. The summed E-state index contributed by atoms with van der Waals surface area (Å²) in [6.45, 7) is 0. The van der Waals surface area contributed by atoms with Gasteiger partial charge in [-0.2, -0.15) is 0 Å². The summed E-state index contributed by atoms with van der Waals surface area (Å²) in [4.78, 5) is 33.7. The van der Waals surface area contributed by atoms with Crippen molar-refractivity contribution in [3.63, 3.8) is 0 Å². The first-order chi connectivity index (χ1) is 11.9. The van der Waals surface area contributed by atoms with Crippen LogP contribution in [0.25, 0.3) is 10.8 Å². The van der Waals surface area contributed by atoms with Crippen LogP contribution in [0, 0.1) is 10.1 Å². The number of nitrogens with two attached hydrogens (primary N) is 1. The third kappa shape index (κ3) is 3.90. The molecule has 26 heavy (non-hydrogen) atoms. The van der Waals surface area contributed by atoms with E-state index >= 15 is 0 Å². The standard InChI is InChI=1S/C16H12N4O5.ClH/c17-12-4-3-9-7-11(2-1-10(9)8-12)15(21)18-19-16(22)13-5-6-14(25-13)20(23)24;/h1-8H,17H2,(H,18,21)(H,19,22);1H. The van der Waals surface area contributed by atoms with Crippen molar-refractivity contribution in [3.05, 3.63) is 70.0 Å². The first-order valence-electron chi connectivity index (χ1n) is 7.08. The van der Waals surface area contributed by atoms with Gasteiger partial charge < -0.3 is 10.2 Å². The van der Waals surface area contributed by atoms with E-state index in [-0.39, 0.29) is 18.2 Å². The zero-order valence-corrected chi connectivity index (χ0v) is 13.9. The van der Waals surface area contributed by atoms with E-state index in [0.29, 0.717) is 11.3 Å². The first kappa shape index (κ1) is 18.7. The van der Waals surface area contributed by atoms with Crippen molar-refractivity contribution in [1.82, 2.24) is 10.9 Å². The second-order valence-corrected chi connectivity index (χ2v) is 5.12. The minimum atomic E-state index is -0.810. The molecular formula is C16H13ClN4O5. The zero-order valence-electron chi connectivity index (χ0n) is 13.1. The number of furan rings is 1. The molecule has 0 spiro atoms. The monoisotopic (exact) mass is 376 g/mol. The molecule has 2 aromatic carbocycles. The Morgan fingerprint density at radius 1 is 0.962 bits per heavy atom. The van der Waals surface area contributed by atoms with Crippen LogP contribution in [0.5, 0.6) is 0 Å². The molecule has 3 rings (SSSR count). The van der Waals surface area contributed by atoms with Crippen LogP contribution < -0.4 is 16.6 Å². The summed E-state index contributed by atoms with van der Waals surface area (Å²) in [6, 6.07) is 12.4. The summed E-state index contributed by atoms with van der Waals surface area (Å²) in [5, 5.41) is 12.2. The molecule has 4 N–H and O–H groups in total. The fourth-order valence-electron chi connectivity index (χ4n) is 2.20. The molecule has 0 atom stereocenters. The number of carbonyl (C=O) groups excluding carboxylic acids is 2. The molecule has 3 aromatic rings. The summed E-state index contributed by atoms with van der Waals surface area (Å²) < 4.78 is 4.74. The van der Waals surface area contributed by atoms with Gasteiger partial charge in [-0.25, -0.2) is 0 Å². The number of nitrogens with one attached hydrogen (secondary N) is 2. The van der Waals surface area contributed by atoms with Gasteiger partial charge in [0.15, 0.2) is 0 Å². The van der Waals surface area contributed by atoms with E-state index in [0.717, 1.165) is 22.9 Å². The van der Waals surface area contributed by atoms with Crippen molar-refractivity contribution >= 4 is 46.6 Å². The van der Waals surface area contributed by atoms with Crippen LogP contribution in [0.15, 0.2) is 52.9 Å². The maximum absolute atomic E-state index is 12.1. The Morgan fingerprint density at radius 3 is 2.31 bits per heavy atom. The zero-order chi connectivity index (χ0) is 18.0. The lowest BCUT2D eigenvalue weighted by molar-refractivity contribution is -0.402. The van der Waals surface area contributed by atoms with Crippen LogP contribution in [0.2, 0.25) is 0 Å². The van der Waals surface area contributed by atoms with Crippen molar-refractivity contribution < 1.29 is 18.9 Å². The van der Waals surface area contributed by atoms with Crippen molar-refractivity contribution in [2.45, 2.75) is 0 Å². The minimum absolute atomic E-state index is 0. The highest BCUT2D eigenvalue weighted by Gasteiger charge is 2.18. The van der Waals surface area contributed by atoms with E-state index in [2.05, 4.69) is 10.9 Å². The number of rotatable bonds is 3. The molecule has 1 aromatic heterocycles. The number of benzene rings is 2. The van der Waals surface area contributed by atoms with E-state index < -0.39 is 22.6 Å². The van der Waals surface area contributed by atoms with Crippen molar-refractivity contribution in [2.75, 3.05) is 5.73 Å². The molecule has 134 valence electrons. The second kappa shape index (κ2) is 7.53. The molecule has 0 radical (unpaired) electrons. The maximum Gasteiger partial charge on any atom is 0.433 e. The van der Waals surface area contributed by atoms with Gasteiger partial charge >= 0.3 is 11.8 Å². The van der Waals surface area contributed by atoms with Crippen molar-refractivity contribution in [2.24, 2.45) is 0 Å². The van der Waals surface area contributed by atoms with E-state index in [9.17, 15) is 19.7 Å². The summed E-state index contributed by atoms with van der Waals surface area (Å²) >= 11 is 0. The number of carbonyl (C=O) groups is 2. The number of nitro groups is 1. The number of nitrogens with zero attached hydrogens (tertiary/aromatic N) is 1. The Balaban J connectivity index is 0.00000243. The Bertz CT molecular complexity index is 1000. The average Bonchev–Trinajstić information content (AvgIpc) is 3.09. The lowest BCUT2D eigenvalue weighted by Gasteiger charge is -2.07. The molecule has 0 saturated carbocycles. The molecule has 9 nitrogen and oxygen atoms in total. The van der Waals surface area contributed by atoms with Gasteiger partial charge in [-0.05, 0) is 41.1 Å². The van der Waals surface area contributed by atoms with Gasteiger partial charge in [0.2, 0.25) is 5.76 Å². The number of nitrogen functional groups attached to an aromatic ring is 1. The summed E-state index contributed by atoms with van der Waals surface area (Å²) in [7, 11) is 0. The van der Waals surface area contributed by atoms with Crippen LogP contribution in [-0.2, 0) is 0 Å². The lowest BCUT2D eigenvalue weighted by atomic mass is 10.1. The highest BCUT2D eigenvalue weighted by molar-refractivity contribution is 6.01. The Morgan fingerprint density at radius 2 is 1.62 bits per heavy atom. The van der Waals surface area contributed by atoms with Gasteiger partial charge in [-0.3, -0.25) is 30.6 Å². The molecule has 1 heterocycles. The average molecular weight is 377 g/mol. The molecule has 0 bridgehead atoms. The number of anilines is 1. The van der Waals surface area contributed by atoms with E-state index in [1.165, 1.54) is 0 Å². The molecule has 10 heteroatoms. The van der Waals surface area contributed by atoms with Crippen molar-refractivity contribution in [3.8, 4) is 0 Å². The quantitative estimate of drug-likeness (QED) is 0.364. The smallest absolute Gasteiger partial charge is 0.399 e. The largest absolute Gasteiger partial charge is 0.433 e. The predicted octanol–water partition coefficient (Wildman–Crippen LogP) is 2.42. The minimum Gasteiger partial charge on any atom is -0.399 e. The molecule has 2 amide bonds. The van der Waals surface area contributed by atoms with Gasteiger partial charge in [0, 0.05) is 11.3 Å². The van der Waals surface area contributed by atoms with Crippen LogP contribution in [0.1, 0.15) is 20.9 Å². The number of fused-ring (bicyclic) bond motifs is 1. The third-order valence-electron chi connectivity index (χ3n) is 3.41. The highest BCUT2D eigenvalue weighted by Crippen LogP contribution is 2.19. The molecule has 0 aliphatic heterocycles. The summed E-state index contributed by atoms with van der Waals surface area (Å²) in [6.07, 6.45) is 0. The fraction of sp³-hybridized carbons (Fsp3) is 0. The molecule has 0 fully saturated rings. The van der Waals surface area contributed by atoms with Gasteiger partial charge in [-0.15, -0.1) is 12.4 Å². The number of halogens is 1. The molecule has 0 aliphatic carbocycles. The van der Waals surface area contributed by atoms with E-state index in [4.69, 9.17) is 10.2 Å². The van der Waals surface area contributed by atoms with E-state index in [1.807, 2.05) is 0 Å². The first-order valence-corrected chi connectivity index (χ1v) is 7.08. The van der Waals surface area contributed by atoms with Crippen LogP contribution in [-0.4, -0.2) is 16.7 Å². The second-order valence-electron chi connectivity index (χ2n) is 5.12. The van der Waals surface area contributed by atoms with Crippen molar-refractivity contribution in [1.29, 1.82) is 0 Å². The Hall–Kier alpha value is -3.59. The summed E-state index contributed by atoms with van der Waals surface area (Å²) in [5.74, 6) is -2.21. The van der Waals surface area contributed by atoms with Gasteiger partial charge in [0.05, 0.1) is 6.07 Å². The number of amides is 2. The topological polar surface area (TPSA) is 140 Å². The maximum atomic E-state index is 12.1. The number of hydrazine groups is 1. The van der Waals surface area contributed by atoms with Gasteiger partial charge in [-0.1, -0.05) is 12.1 Å². The highest BCUT2D eigenvalue weighted by atomic mass is 35.5. The Kier molecular flexibility index (Phi) is 5.43. The number of hydrogen-bond acceptors (Lipinski definition) is 6. The molecular weight excluding hydrogens is 364 g/mol. The van der Waals surface area contributed by atoms with Gasteiger partial charge in [0.25, 0.3) is 5.91 Å². The van der Waals surface area contributed by atoms with Gasteiger partial charge in [0.1, 0.15) is 4.92 Å². The lowest BCUT2D eigenvalue weighted by Crippen LogP contribution is -2.41. The summed E-state index contributed by atoms with van der Waals surface area (Å²) in [5.41, 5.74) is 11.0. The van der Waals surface area contributed by atoms with Crippen LogP contribution in [0.3, 0.4) is 0 Å². The normalized spacial score (nSPS) is 10.0. The van der Waals surface area contributed by atoms with E-state index in [1.54, 1.807) is 36.4 Å². The fourth-order valence-corrected chi connectivity index (χ4v) is 2.20. The number of hydrogen-bond donors (Lipinski definition) is 3. The predicted molar refractivity (Wildman–Crippen MR) is 95.9 cm³/mol. The SMILES string of the molecule is Cl.Nc1ccc2cc(C(=O)NNC(=O)c3ccc([N+](=O)[O-])o3)ccc2c1.